The molecule has 1 amide bonds. The summed E-state index contributed by atoms with van der Waals surface area (Å²) in [5.74, 6) is 0.825. The SMILES string of the molecule is Cc1cc(OCCNC(=O)OC(C)(C)C)cc(C)c1I. The lowest BCUT2D eigenvalue weighted by atomic mass is 10.1. The number of carbonyl (C=O) groups is 1. The molecule has 1 aromatic rings. The average Bonchev–Trinajstić information content (AvgIpc) is 2.29. The molecule has 1 N–H and O–H groups in total. The second-order valence-corrected chi connectivity index (χ2v) is 6.73. The molecule has 0 aliphatic heterocycles. The van der Waals surface area contributed by atoms with E-state index in [1.165, 1.54) is 14.7 Å². The molecular weight excluding hydrogens is 369 g/mol. The van der Waals surface area contributed by atoms with Crippen LogP contribution in [0.4, 0.5) is 4.79 Å². The van der Waals surface area contributed by atoms with E-state index >= 15 is 0 Å². The molecule has 1 rings (SSSR count). The lowest BCUT2D eigenvalue weighted by Gasteiger charge is -2.19. The van der Waals surface area contributed by atoms with Crippen molar-refractivity contribution in [1.82, 2.24) is 5.32 Å². The molecule has 0 bridgehead atoms. The minimum Gasteiger partial charge on any atom is -0.492 e. The standard InChI is InChI=1S/C15H22INO3/c1-10-8-12(9-11(2)13(10)16)19-7-6-17-14(18)20-15(3,4)5/h8-9H,6-7H2,1-5H3,(H,17,18). The van der Waals surface area contributed by atoms with Crippen molar-refractivity contribution in [2.45, 2.75) is 40.2 Å². The molecule has 0 heterocycles. The molecule has 0 atom stereocenters. The van der Waals surface area contributed by atoms with Crippen LogP contribution in [0.1, 0.15) is 31.9 Å². The van der Waals surface area contributed by atoms with Crippen LogP contribution in [-0.2, 0) is 4.74 Å². The summed E-state index contributed by atoms with van der Waals surface area (Å²) in [6, 6.07) is 4.00. The monoisotopic (exact) mass is 391 g/mol. The van der Waals surface area contributed by atoms with Gasteiger partial charge in [0.25, 0.3) is 0 Å². The summed E-state index contributed by atoms with van der Waals surface area (Å²) in [5, 5.41) is 2.66. The molecule has 0 aliphatic rings. The van der Waals surface area contributed by atoms with E-state index in [1.807, 2.05) is 32.9 Å². The van der Waals surface area contributed by atoms with E-state index in [2.05, 4.69) is 41.8 Å². The predicted octanol–water partition coefficient (Wildman–Crippen LogP) is 3.81. The Hall–Kier alpha value is -0.980. The minimum atomic E-state index is -0.477. The quantitative estimate of drug-likeness (QED) is 0.627. The topological polar surface area (TPSA) is 47.6 Å². The van der Waals surface area contributed by atoms with Crippen LogP contribution in [-0.4, -0.2) is 24.8 Å². The third-order valence-corrected chi connectivity index (χ3v) is 4.15. The van der Waals surface area contributed by atoms with Crippen molar-refractivity contribution >= 4 is 28.7 Å². The molecule has 112 valence electrons. The van der Waals surface area contributed by atoms with Crippen LogP contribution in [0.5, 0.6) is 5.75 Å². The number of halogens is 1. The van der Waals surface area contributed by atoms with E-state index in [9.17, 15) is 4.79 Å². The number of nitrogens with one attached hydrogen (secondary N) is 1. The second-order valence-electron chi connectivity index (χ2n) is 5.65. The number of alkyl carbamates (subject to hydrolysis) is 1. The van der Waals surface area contributed by atoms with E-state index in [1.54, 1.807) is 0 Å². The van der Waals surface area contributed by atoms with Gasteiger partial charge < -0.3 is 14.8 Å². The summed E-state index contributed by atoms with van der Waals surface area (Å²) in [6.45, 7) is 10.4. The van der Waals surface area contributed by atoms with Gasteiger partial charge in [-0.3, -0.25) is 0 Å². The summed E-state index contributed by atoms with van der Waals surface area (Å²) in [6.07, 6.45) is -0.420. The van der Waals surface area contributed by atoms with Gasteiger partial charge in [-0.15, -0.1) is 0 Å². The normalized spacial score (nSPS) is 11.1. The van der Waals surface area contributed by atoms with E-state index in [4.69, 9.17) is 9.47 Å². The lowest BCUT2D eigenvalue weighted by molar-refractivity contribution is 0.0520. The summed E-state index contributed by atoms with van der Waals surface area (Å²) in [7, 11) is 0. The molecule has 0 aliphatic carbocycles. The van der Waals surface area contributed by atoms with Crippen LogP contribution in [0.25, 0.3) is 0 Å². The Kier molecular flexibility index (Phi) is 6.10. The van der Waals surface area contributed by atoms with Gasteiger partial charge in [0, 0.05) is 3.57 Å². The van der Waals surface area contributed by atoms with Crippen LogP contribution >= 0.6 is 22.6 Å². The van der Waals surface area contributed by atoms with Crippen LogP contribution < -0.4 is 10.1 Å². The predicted molar refractivity (Wildman–Crippen MR) is 88.4 cm³/mol. The maximum absolute atomic E-state index is 11.4. The van der Waals surface area contributed by atoms with Crippen molar-refractivity contribution in [3.8, 4) is 5.75 Å². The molecule has 0 spiro atoms. The van der Waals surface area contributed by atoms with Gasteiger partial charge in [-0.2, -0.15) is 0 Å². The molecule has 0 aromatic heterocycles. The van der Waals surface area contributed by atoms with Crippen molar-refractivity contribution in [2.75, 3.05) is 13.2 Å². The first-order valence-electron chi connectivity index (χ1n) is 6.55. The molecule has 0 unspecified atom stereocenters. The number of aryl methyl sites for hydroxylation is 2. The van der Waals surface area contributed by atoms with E-state index in [0.29, 0.717) is 13.2 Å². The highest BCUT2D eigenvalue weighted by Gasteiger charge is 2.15. The van der Waals surface area contributed by atoms with Crippen molar-refractivity contribution in [3.05, 3.63) is 26.8 Å². The zero-order valence-electron chi connectivity index (χ0n) is 12.7. The second kappa shape index (κ2) is 7.15. The lowest BCUT2D eigenvalue weighted by Crippen LogP contribution is -2.34. The number of rotatable bonds is 4. The van der Waals surface area contributed by atoms with E-state index < -0.39 is 11.7 Å². The highest BCUT2D eigenvalue weighted by molar-refractivity contribution is 14.1. The van der Waals surface area contributed by atoms with Crippen molar-refractivity contribution in [3.63, 3.8) is 0 Å². The first-order valence-corrected chi connectivity index (χ1v) is 7.63. The Morgan fingerprint density at radius 3 is 2.30 bits per heavy atom. The molecule has 0 fully saturated rings. The van der Waals surface area contributed by atoms with Crippen LogP contribution in [0.2, 0.25) is 0 Å². The number of ether oxygens (including phenoxy) is 2. The minimum absolute atomic E-state index is 0.415. The Balaban J connectivity index is 2.37. The Labute approximate surface area is 134 Å². The Morgan fingerprint density at radius 1 is 1.25 bits per heavy atom. The van der Waals surface area contributed by atoms with Crippen LogP contribution in [0, 0.1) is 17.4 Å². The zero-order valence-corrected chi connectivity index (χ0v) is 14.8. The van der Waals surface area contributed by atoms with Gasteiger partial charge in [0.1, 0.15) is 18.0 Å². The summed E-state index contributed by atoms with van der Waals surface area (Å²) >= 11 is 2.32. The fraction of sp³-hybridized carbons (Fsp3) is 0.533. The Bertz CT molecular complexity index is 457. The highest BCUT2D eigenvalue weighted by Crippen LogP contribution is 2.23. The summed E-state index contributed by atoms with van der Waals surface area (Å²) in [4.78, 5) is 11.4. The Morgan fingerprint density at radius 2 is 1.80 bits per heavy atom. The average molecular weight is 391 g/mol. The van der Waals surface area contributed by atoms with Gasteiger partial charge in [0.2, 0.25) is 0 Å². The van der Waals surface area contributed by atoms with Gasteiger partial charge in [0.15, 0.2) is 0 Å². The van der Waals surface area contributed by atoms with E-state index in [0.717, 1.165) is 5.75 Å². The smallest absolute Gasteiger partial charge is 0.407 e. The molecule has 0 radical (unpaired) electrons. The van der Waals surface area contributed by atoms with Crippen molar-refractivity contribution < 1.29 is 14.3 Å². The van der Waals surface area contributed by atoms with Crippen LogP contribution in [0.3, 0.4) is 0 Å². The van der Waals surface area contributed by atoms with Gasteiger partial charge in [-0.1, -0.05) is 0 Å². The summed E-state index contributed by atoms with van der Waals surface area (Å²) in [5.41, 5.74) is 1.91. The van der Waals surface area contributed by atoms with Gasteiger partial charge in [0.05, 0.1) is 6.54 Å². The highest BCUT2D eigenvalue weighted by atomic mass is 127. The number of benzene rings is 1. The van der Waals surface area contributed by atoms with Gasteiger partial charge in [-0.25, -0.2) is 4.79 Å². The maximum Gasteiger partial charge on any atom is 0.407 e. The molecule has 1 aromatic carbocycles. The number of hydrogen-bond donors (Lipinski definition) is 1. The fourth-order valence-corrected chi connectivity index (χ4v) is 1.94. The number of hydrogen-bond acceptors (Lipinski definition) is 3. The molecule has 20 heavy (non-hydrogen) atoms. The molecular formula is C15H22INO3. The van der Waals surface area contributed by atoms with Crippen molar-refractivity contribution in [2.24, 2.45) is 0 Å². The largest absolute Gasteiger partial charge is 0.492 e. The summed E-state index contributed by atoms with van der Waals surface area (Å²) < 4.78 is 12.0. The van der Waals surface area contributed by atoms with Crippen LogP contribution in [0.15, 0.2) is 12.1 Å². The van der Waals surface area contributed by atoms with Crippen molar-refractivity contribution in [1.29, 1.82) is 0 Å². The maximum atomic E-state index is 11.4. The molecule has 4 nitrogen and oxygen atoms in total. The molecule has 5 heteroatoms. The third kappa shape index (κ3) is 5.98. The van der Waals surface area contributed by atoms with E-state index in [-0.39, 0.29) is 0 Å². The molecule has 0 saturated carbocycles. The first kappa shape index (κ1) is 17.1. The first-order chi connectivity index (χ1) is 9.19. The fourth-order valence-electron chi connectivity index (χ4n) is 1.63. The van der Waals surface area contributed by atoms with Gasteiger partial charge >= 0.3 is 6.09 Å². The third-order valence-electron chi connectivity index (χ3n) is 2.45. The molecule has 0 saturated heterocycles. The van der Waals surface area contributed by atoms with Gasteiger partial charge in [-0.05, 0) is 80.5 Å². The number of carbonyl (C=O) groups excluding carboxylic acids is 1. The number of amides is 1. The zero-order chi connectivity index (χ0) is 15.3.